The number of quaternary nitrogens is 1. The minimum atomic E-state index is -0.961. The van der Waals surface area contributed by atoms with Crippen molar-refractivity contribution >= 4 is 5.97 Å². The van der Waals surface area contributed by atoms with E-state index in [4.69, 9.17) is 0 Å². The quantitative estimate of drug-likeness (QED) is 0.532. The molecule has 0 saturated heterocycles. The first-order valence-corrected chi connectivity index (χ1v) is 1.97. The third kappa shape index (κ3) is 10.8. The third-order valence-corrected chi connectivity index (χ3v) is 0.454. The van der Waals surface area contributed by atoms with Crippen LogP contribution in [0.4, 0.5) is 0 Å². The van der Waals surface area contributed by atoms with Crippen molar-refractivity contribution in [3.05, 3.63) is 0 Å². The molecule has 7 heavy (non-hydrogen) atoms. The minimum Gasteiger partial charge on any atom is -0.550 e. The van der Waals surface area contributed by atoms with Crippen LogP contribution in [0.3, 0.4) is 0 Å². The maximum absolute atomic E-state index is 9.49. The first kappa shape index (κ1) is 9.66. The van der Waals surface area contributed by atoms with Crippen LogP contribution >= 0.6 is 0 Å². The second-order valence-electron chi connectivity index (χ2n) is 1.12. The van der Waals surface area contributed by atoms with Gasteiger partial charge in [-0.3, -0.25) is 0 Å². The molecule has 0 aromatic heterocycles. The molecule has 0 spiro atoms. The summed E-state index contributed by atoms with van der Waals surface area (Å²) in [6.45, 7) is 1.80. The molecule has 0 atom stereocenters. The fourth-order valence-electron chi connectivity index (χ4n) is 0.204. The lowest BCUT2D eigenvalue weighted by Gasteiger charge is -1.92. The van der Waals surface area contributed by atoms with Gasteiger partial charge in [-0.15, -0.1) is 0 Å². The SMILES string of the molecule is CCCC(=O)[O-].[NH4+]. The zero-order chi connectivity index (χ0) is 4.99. The summed E-state index contributed by atoms with van der Waals surface area (Å²) >= 11 is 0. The predicted molar refractivity (Wildman–Crippen MR) is 25.9 cm³/mol. The summed E-state index contributed by atoms with van der Waals surface area (Å²) in [5.41, 5.74) is 0. The maximum atomic E-state index is 9.49. The van der Waals surface area contributed by atoms with Crippen molar-refractivity contribution in [2.45, 2.75) is 19.8 Å². The molecule has 0 unspecified atom stereocenters. The average molecular weight is 105 g/mol. The lowest BCUT2D eigenvalue weighted by atomic mass is 10.4. The number of carboxylic acids is 1. The van der Waals surface area contributed by atoms with E-state index in [-0.39, 0.29) is 12.6 Å². The maximum Gasteiger partial charge on any atom is 0.0414 e. The molecular weight excluding hydrogens is 94.0 g/mol. The fourth-order valence-corrected chi connectivity index (χ4v) is 0.204. The van der Waals surface area contributed by atoms with Gasteiger partial charge in [0.05, 0.1) is 0 Å². The molecule has 0 aliphatic heterocycles. The lowest BCUT2D eigenvalue weighted by Crippen LogP contribution is -2.20. The summed E-state index contributed by atoms with van der Waals surface area (Å²) in [5.74, 6) is -0.961. The van der Waals surface area contributed by atoms with E-state index in [0.717, 1.165) is 0 Å². The second-order valence-corrected chi connectivity index (χ2v) is 1.12. The third-order valence-electron chi connectivity index (χ3n) is 0.454. The number of carboxylic acid groups (broad SMARTS) is 1. The standard InChI is InChI=1S/C4H8O2.H3N/c1-2-3-4(5)6;/h2-3H2,1H3,(H,5,6);1H3. The van der Waals surface area contributed by atoms with Gasteiger partial charge in [-0.05, 0) is 6.42 Å². The summed E-state index contributed by atoms with van der Waals surface area (Å²) < 4.78 is 0. The van der Waals surface area contributed by atoms with Gasteiger partial charge in [0.15, 0.2) is 0 Å². The van der Waals surface area contributed by atoms with Crippen LogP contribution in [0.1, 0.15) is 19.8 Å². The van der Waals surface area contributed by atoms with Crippen LogP contribution in [0.5, 0.6) is 0 Å². The van der Waals surface area contributed by atoms with E-state index >= 15 is 0 Å². The zero-order valence-corrected chi connectivity index (χ0v) is 4.73. The Morgan fingerprint density at radius 3 is 2.14 bits per heavy atom. The van der Waals surface area contributed by atoms with Crippen molar-refractivity contribution in [1.29, 1.82) is 0 Å². The van der Waals surface area contributed by atoms with Crippen LogP contribution in [-0.2, 0) is 4.79 Å². The molecule has 0 fully saturated rings. The summed E-state index contributed by atoms with van der Waals surface area (Å²) in [6.07, 6.45) is 0.850. The first-order chi connectivity index (χ1) is 2.77. The van der Waals surface area contributed by atoms with Gasteiger partial charge in [0.25, 0.3) is 0 Å². The van der Waals surface area contributed by atoms with Gasteiger partial charge in [-0.2, -0.15) is 0 Å². The van der Waals surface area contributed by atoms with Crippen molar-refractivity contribution in [2.24, 2.45) is 0 Å². The van der Waals surface area contributed by atoms with E-state index in [2.05, 4.69) is 0 Å². The molecule has 0 aliphatic rings. The number of hydrogen-bond donors (Lipinski definition) is 1. The highest BCUT2D eigenvalue weighted by Gasteiger charge is 1.75. The Hall–Kier alpha value is -0.570. The summed E-state index contributed by atoms with van der Waals surface area (Å²) in [6, 6.07) is 0. The highest BCUT2D eigenvalue weighted by atomic mass is 16.4. The van der Waals surface area contributed by atoms with E-state index in [9.17, 15) is 9.90 Å². The molecule has 0 aromatic rings. The van der Waals surface area contributed by atoms with Crippen LogP contribution in [0.2, 0.25) is 0 Å². The van der Waals surface area contributed by atoms with Gasteiger partial charge >= 0.3 is 0 Å². The fraction of sp³-hybridized carbons (Fsp3) is 0.750. The number of carbonyl (C=O) groups excluding carboxylic acids is 1. The Labute approximate surface area is 42.9 Å². The smallest absolute Gasteiger partial charge is 0.0414 e. The van der Waals surface area contributed by atoms with E-state index in [0.29, 0.717) is 6.42 Å². The molecule has 0 amide bonds. The molecule has 0 rings (SSSR count). The van der Waals surface area contributed by atoms with E-state index in [1.165, 1.54) is 0 Å². The molecule has 0 heterocycles. The Kier molecular flexibility index (Phi) is 7.49. The topological polar surface area (TPSA) is 76.6 Å². The highest BCUT2D eigenvalue weighted by molar-refractivity contribution is 5.63. The van der Waals surface area contributed by atoms with Crippen molar-refractivity contribution in [1.82, 2.24) is 6.15 Å². The van der Waals surface area contributed by atoms with Crippen LogP contribution in [-0.4, -0.2) is 5.97 Å². The number of rotatable bonds is 2. The predicted octanol–water partition coefficient (Wildman–Crippen LogP) is -0.0874. The van der Waals surface area contributed by atoms with Gasteiger partial charge in [0.1, 0.15) is 0 Å². The molecule has 0 aromatic carbocycles. The van der Waals surface area contributed by atoms with Gasteiger partial charge in [-0.25, -0.2) is 0 Å². The van der Waals surface area contributed by atoms with E-state index in [1.54, 1.807) is 6.92 Å². The Balaban J connectivity index is 0. The zero-order valence-electron chi connectivity index (χ0n) is 4.73. The van der Waals surface area contributed by atoms with E-state index < -0.39 is 5.97 Å². The summed E-state index contributed by atoms with van der Waals surface area (Å²) in [7, 11) is 0. The summed E-state index contributed by atoms with van der Waals surface area (Å²) in [4.78, 5) is 9.49. The molecule has 0 radical (unpaired) electrons. The highest BCUT2D eigenvalue weighted by Crippen LogP contribution is 1.79. The second kappa shape index (κ2) is 5.43. The number of carbonyl (C=O) groups is 1. The molecule has 3 heteroatoms. The molecule has 4 N–H and O–H groups in total. The van der Waals surface area contributed by atoms with Gasteiger partial charge in [0, 0.05) is 5.97 Å². The summed E-state index contributed by atoms with van der Waals surface area (Å²) in [5, 5.41) is 9.49. The van der Waals surface area contributed by atoms with Crippen molar-refractivity contribution in [3.63, 3.8) is 0 Å². The van der Waals surface area contributed by atoms with Crippen molar-refractivity contribution in [3.8, 4) is 0 Å². The van der Waals surface area contributed by atoms with Gasteiger partial charge in [-0.1, -0.05) is 13.3 Å². The molecule has 0 aliphatic carbocycles. The molecule has 0 saturated carbocycles. The van der Waals surface area contributed by atoms with Crippen molar-refractivity contribution in [2.75, 3.05) is 0 Å². The Morgan fingerprint density at radius 2 is 2.14 bits per heavy atom. The molecule has 44 valence electrons. The first-order valence-electron chi connectivity index (χ1n) is 1.97. The van der Waals surface area contributed by atoms with Crippen LogP contribution < -0.4 is 11.3 Å². The normalized spacial score (nSPS) is 7.00. The van der Waals surface area contributed by atoms with Crippen LogP contribution in [0, 0.1) is 0 Å². The number of hydrogen-bond acceptors (Lipinski definition) is 2. The van der Waals surface area contributed by atoms with Crippen LogP contribution in [0.15, 0.2) is 0 Å². The molecule has 3 nitrogen and oxygen atoms in total. The molecule has 0 bridgehead atoms. The average Bonchev–Trinajstić information content (AvgIpc) is 1.35. The minimum absolute atomic E-state index is 0. The van der Waals surface area contributed by atoms with Gasteiger partial charge < -0.3 is 16.1 Å². The van der Waals surface area contributed by atoms with Gasteiger partial charge in [0.2, 0.25) is 0 Å². The van der Waals surface area contributed by atoms with E-state index in [1.807, 2.05) is 0 Å². The van der Waals surface area contributed by atoms with Crippen LogP contribution in [0.25, 0.3) is 0 Å². The largest absolute Gasteiger partial charge is 0.550 e. The monoisotopic (exact) mass is 105 g/mol. The number of aliphatic carboxylic acids is 1. The Bertz CT molecular complexity index is 53.7. The van der Waals surface area contributed by atoms with Crippen molar-refractivity contribution < 1.29 is 9.90 Å². The lowest BCUT2D eigenvalue weighted by molar-refractivity contribution is -0.305. The Morgan fingerprint density at radius 1 is 1.71 bits per heavy atom. The molecular formula is C4H11NO2.